The monoisotopic (exact) mass is 360 g/mol. The van der Waals surface area contributed by atoms with Crippen LogP contribution >= 0.6 is 0 Å². The normalized spacial score (nSPS) is 14.0. The molecule has 1 fully saturated rings. The molecule has 0 N–H and O–H groups in total. The molecule has 0 spiro atoms. The maximum absolute atomic E-state index is 5.71. The summed E-state index contributed by atoms with van der Waals surface area (Å²) in [5, 5.41) is 0. The summed E-state index contributed by atoms with van der Waals surface area (Å²) in [6.45, 7) is 0. The van der Waals surface area contributed by atoms with Crippen molar-refractivity contribution >= 4 is 22.0 Å². The maximum Gasteiger partial charge on any atom is 0.690 e. The molecule has 1 aliphatic rings. The minimum Gasteiger partial charge on any atom is -0.513 e. The first-order valence-corrected chi connectivity index (χ1v) is 8.47. The smallest absolute Gasteiger partial charge is 0.513 e. The van der Waals surface area contributed by atoms with Gasteiger partial charge < -0.3 is 27.7 Å². The van der Waals surface area contributed by atoms with Crippen molar-refractivity contribution in [2.75, 3.05) is 0 Å². The molecule has 0 radical (unpaired) electrons. The van der Waals surface area contributed by atoms with Crippen LogP contribution in [0.5, 0.6) is 17.2 Å². The third kappa shape index (κ3) is 5.07. The van der Waals surface area contributed by atoms with Crippen molar-refractivity contribution in [3.8, 4) is 17.2 Å². The van der Waals surface area contributed by atoms with Gasteiger partial charge in [0.1, 0.15) is 17.2 Å². The summed E-state index contributed by atoms with van der Waals surface area (Å²) in [5.41, 5.74) is 0. The fraction of sp³-hybridized carbons (Fsp3) is 0. The van der Waals surface area contributed by atoms with Crippen molar-refractivity contribution in [3.05, 3.63) is 91.0 Å². The molecular weight excluding hydrogens is 345 g/mol. The quantitative estimate of drug-likeness (QED) is 0.630. The van der Waals surface area contributed by atoms with Gasteiger partial charge in [-0.3, -0.25) is 0 Å². The summed E-state index contributed by atoms with van der Waals surface area (Å²) in [6.07, 6.45) is 0. The zero-order chi connectivity index (χ0) is 18.3. The Labute approximate surface area is 158 Å². The Morgan fingerprint density at radius 2 is 0.667 bits per heavy atom. The van der Waals surface area contributed by atoms with Crippen LogP contribution in [0.25, 0.3) is 0 Å². The van der Waals surface area contributed by atoms with E-state index in [1.54, 1.807) is 36.4 Å². The van der Waals surface area contributed by atoms with E-state index in [0.29, 0.717) is 17.2 Å². The number of rotatable bonds is 6. The molecule has 4 rings (SSSR count). The molecule has 0 aliphatic carbocycles. The number of hydrogen-bond acceptors (Lipinski definition) is 6. The number of hydrogen-bond donors (Lipinski definition) is 0. The Kier molecular flexibility index (Phi) is 5.64. The van der Waals surface area contributed by atoms with Gasteiger partial charge in [-0.2, -0.15) is 0 Å². The summed E-state index contributed by atoms with van der Waals surface area (Å²) in [7, 11) is -3.20. The van der Waals surface area contributed by atoms with E-state index in [4.69, 9.17) is 27.7 Å². The van der Waals surface area contributed by atoms with Crippen molar-refractivity contribution in [2.24, 2.45) is 0 Å². The molecule has 1 aliphatic heterocycles. The van der Waals surface area contributed by atoms with Crippen LogP contribution in [0.15, 0.2) is 91.0 Å². The lowest BCUT2D eigenvalue weighted by atomic mass is 9.96. The van der Waals surface area contributed by atoms with Crippen LogP contribution in [0, 0.1) is 0 Å². The van der Waals surface area contributed by atoms with E-state index in [0.717, 1.165) is 0 Å². The van der Waals surface area contributed by atoms with Gasteiger partial charge in [-0.1, -0.05) is 54.6 Å². The van der Waals surface area contributed by atoms with E-state index in [1.807, 2.05) is 54.6 Å². The molecule has 0 atom stereocenters. The van der Waals surface area contributed by atoms with Gasteiger partial charge in [0, 0.05) is 0 Å². The molecule has 0 saturated carbocycles. The van der Waals surface area contributed by atoms with E-state index in [-0.39, 0.29) is 0 Å². The summed E-state index contributed by atoms with van der Waals surface area (Å²) >= 11 is 0. The first-order valence-electron chi connectivity index (χ1n) is 8.47. The van der Waals surface area contributed by atoms with Crippen molar-refractivity contribution in [1.82, 2.24) is 0 Å². The fourth-order valence-electron chi connectivity index (χ4n) is 2.37. The SMILES string of the molecule is c1ccc(OB2OB(Oc3ccccc3)OB(Oc3ccccc3)O2)cc1. The molecule has 27 heavy (non-hydrogen) atoms. The van der Waals surface area contributed by atoms with Crippen molar-refractivity contribution in [2.45, 2.75) is 0 Å². The zero-order valence-electron chi connectivity index (χ0n) is 14.3. The van der Waals surface area contributed by atoms with Gasteiger partial charge in [-0.05, 0) is 36.4 Å². The van der Waals surface area contributed by atoms with E-state index in [2.05, 4.69) is 0 Å². The van der Waals surface area contributed by atoms with E-state index in [9.17, 15) is 0 Å². The van der Waals surface area contributed by atoms with E-state index in [1.165, 1.54) is 0 Å². The van der Waals surface area contributed by atoms with Gasteiger partial charge in [0.15, 0.2) is 0 Å². The van der Waals surface area contributed by atoms with Gasteiger partial charge in [0.2, 0.25) is 0 Å². The molecular formula is C18H15B3O6. The van der Waals surface area contributed by atoms with Gasteiger partial charge in [0.05, 0.1) is 0 Å². The number of para-hydroxylation sites is 3. The molecule has 0 amide bonds. The summed E-state index contributed by atoms with van der Waals surface area (Å²) < 4.78 is 33.9. The Morgan fingerprint density at radius 3 is 0.926 bits per heavy atom. The Hall–Kier alpha value is -2.87. The fourth-order valence-corrected chi connectivity index (χ4v) is 2.37. The molecule has 1 heterocycles. The molecule has 9 heteroatoms. The molecule has 1 saturated heterocycles. The van der Waals surface area contributed by atoms with Gasteiger partial charge in [-0.25, -0.2) is 0 Å². The highest BCUT2D eigenvalue weighted by atomic mass is 16.9. The van der Waals surface area contributed by atoms with Crippen LogP contribution in [0.4, 0.5) is 0 Å². The van der Waals surface area contributed by atoms with Crippen molar-refractivity contribution < 1.29 is 27.7 Å². The summed E-state index contributed by atoms with van der Waals surface area (Å²) in [4.78, 5) is 0. The second-order valence-corrected chi connectivity index (χ2v) is 5.57. The Morgan fingerprint density at radius 1 is 0.407 bits per heavy atom. The van der Waals surface area contributed by atoms with E-state index >= 15 is 0 Å². The predicted octanol–water partition coefficient (Wildman–Crippen LogP) is 3.24. The molecule has 0 aromatic heterocycles. The van der Waals surface area contributed by atoms with Crippen LogP contribution < -0.4 is 14.0 Å². The van der Waals surface area contributed by atoms with Crippen LogP contribution in [-0.4, -0.2) is 22.0 Å². The van der Waals surface area contributed by atoms with Gasteiger partial charge >= 0.3 is 22.0 Å². The van der Waals surface area contributed by atoms with Crippen LogP contribution in [0.2, 0.25) is 0 Å². The maximum atomic E-state index is 5.71. The lowest BCUT2D eigenvalue weighted by Gasteiger charge is -2.28. The number of benzene rings is 3. The highest BCUT2D eigenvalue weighted by Gasteiger charge is 2.50. The van der Waals surface area contributed by atoms with Crippen LogP contribution in [0.3, 0.4) is 0 Å². The summed E-state index contributed by atoms with van der Waals surface area (Å²) in [6, 6.07) is 27.5. The lowest BCUT2D eigenvalue weighted by molar-refractivity contribution is 0.146. The third-order valence-corrected chi connectivity index (χ3v) is 3.59. The van der Waals surface area contributed by atoms with Crippen LogP contribution in [-0.2, 0) is 13.7 Å². The largest absolute Gasteiger partial charge is 0.690 e. The van der Waals surface area contributed by atoms with Gasteiger partial charge in [0.25, 0.3) is 0 Å². The second kappa shape index (κ2) is 8.68. The highest BCUT2D eigenvalue weighted by Crippen LogP contribution is 2.20. The highest BCUT2D eigenvalue weighted by molar-refractivity contribution is 6.67. The molecule has 6 nitrogen and oxygen atoms in total. The molecule has 0 bridgehead atoms. The molecule has 3 aromatic rings. The summed E-state index contributed by atoms with van der Waals surface area (Å²) in [5.74, 6) is 1.75. The predicted molar refractivity (Wildman–Crippen MR) is 102 cm³/mol. The average Bonchev–Trinajstić information content (AvgIpc) is 2.70. The first kappa shape index (κ1) is 17.5. The Bertz CT molecular complexity index is 705. The van der Waals surface area contributed by atoms with Crippen LogP contribution in [0.1, 0.15) is 0 Å². The standard InChI is InChI=1S/C18H15B3O6/c1-4-10-16(11-5-1)22-19-25-20(23-17-12-6-2-7-13-17)27-21(26-19)24-18-14-8-3-9-15-18/h1-15H. The topological polar surface area (TPSA) is 55.4 Å². The minimum atomic E-state index is -1.07. The zero-order valence-corrected chi connectivity index (χ0v) is 14.3. The molecule has 132 valence electrons. The van der Waals surface area contributed by atoms with E-state index < -0.39 is 22.0 Å². The Balaban J connectivity index is 1.47. The van der Waals surface area contributed by atoms with Crippen molar-refractivity contribution in [1.29, 1.82) is 0 Å². The third-order valence-electron chi connectivity index (χ3n) is 3.59. The average molecular weight is 360 g/mol. The van der Waals surface area contributed by atoms with Gasteiger partial charge in [-0.15, -0.1) is 0 Å². The lowest BCUT2D eigenvalue weighted by Crippen LogP contribution is -2.56. The first-order chi connectivity index (χ1) is 13.3. The minimum absolute atomic E-state index is 0.585. The second-order valence-electron chi connectivity index (χ2n) is 5.57. The molecule has 3 aromatic carbocycles. The molecule has 0 unspecified atom stereocenters. The van der Waals surface area contributed by atoms with Crippen molar-refractivity contribution in [3.63, 3.8) is 0 Å².